The lowest BCUT2D eigenvalue weighted by Crippen LogP contribution is -2.53. The molecule has 0 bridgehead atoms. The third-order valence-corrected chi connectivity index (χ3v) is 6.87. The monoisotopic (exact) mass is 571 g/mol. The molecule has 0 radical (unpaired) electrons. The molecule has 1 unspecified atom stereocenters. The van der Waals surface area contributed by atoms with Crippen LogP contribution in [-0.4, -0.2) is 55.2 Å². The summed E-state index contributed by atoms with van der Waals surface area (Å²) in [6, 6.07) is 7.73. The molecule has 2 rings (SSSR count). The Kier molecular flexibility index (Phi) is 9.93. The minimum absolute atomic E-state index is 0.102. The Balaban J connectivity index is 2.35. The molecule has 0 aliphatic heterocycles. The topological polar surface area (TPSA) is 119 Å². The van der Waals surface area contributed by atoms with E-state index in [1.807, 2.05) is 0 Å². The highest BCUT2D eigenvalue weighted by Crippen LogP contribution is 2.35. The Morgan fingerprint density at radius 3 is 1.82 bits per heavy atom. The molecule has 0 spiro atoms. The van der Waals surface area contributed by atoms with E-state index in [4.69, 9.17) is 0 Å². The van der Waals surface area contributed by atoms with Crippen LogP contribution in [0.15, 0.2) is 53.4 Å². The molecule has 214 valence electrons. The van der Waals surface area contributed by atoms with E-state index in [1.54, 1.807) is 6.07 Å². The molecule has 39 heavy (non-hydrogen) atoms. The van der Waals surface area contributed by atoms with Gasteiger partial charge in [0.1, 0.15) is 17.8 Å². The van der Waals surface area contributed by atoms with E-state index in [1.165, 1.54) is 62.4 Å². The van der Waals surface area contributed by atoms with Gasteiger partial charge in [-0.3, -0.25) is 10.1 Å². The summed E-state index contributed by atoms with van der Waals surface area (Å²) < 4.78 is 80.4. The SMILES string of the molecule is CC(C)(O)CC(C#N)NC(=O)[C@H](CC(C)(C)F)N[C@@H](c1ccc(-c2ccc(S(C)(=O)=O)cc2)cc1)C(F)(F)F. The second-order valence-corrected chi connectivity index (χ2v) is 12.8. The van der Waals surface area contributed by atoms with Gasteiger partial charge in [-0.25, -0.2) is 12.8 Å². The zero-order chi connectivity index (χ0) is 29.8. The Morgan fingerprint density at radius 1 is 0.949 bits per heavy atom. The summed E-state index contributed by atoms with van der Waals surface area (Å²) in [5.74, 6) is -1.01. The molecule has 7 nitrogen and oxygen atoms in total. The number of halogens is 4. The number of carbonyl (C=O) groups is 1. The van der Waals surface area contributed by atoms with Gasteiger partial charge in [0.2, 0.25) is 5.91 Å². The highest BCUT2D eigenvalue weighted by Gasteiger charge is 2.44. The lowest BCUT2D eigenvalue weighted by atomic mass is 9.95. The van der Waals surface area contributed by atoms with Gasteiger partial charge in [0, 0.05) is 19.1 Å². The Hall–Kier alpha value is -3.01. The molecule has 0 aliphatic rings. The van der Waals surface area contributed by atoms with Crippen LogP contribution in [0.25, 0.3) is 11.1 Å². The second-order valence-electron chi connectivity index (χ2n) is 10.7. The lowest BCUT2D eigenvalue weighted by Gasteiger charge is -2.31. The number of carbonyl (C=O) groups excluding carboxylic acids is 1. The summed E-state index contributed by atoms with van der Waals surface area (Å²) in [6.07, 6.45) is -4.60. The molecule has 0 saturated carbocycles. The van der Waals surface area contributed by atoms with E-state index < -0.39 is 57.7 Å². The van der Waals surface area contributed by atoms with Crippen LogP contribution in [0.2, 0.25) is 0 Å². The molecule has 0 saturated heterocycles. The van der Waals surface area contributed by atoms with Crippen molar-refractivity contribution in [1.82, 2.24) is 10.6 Å². The molecular formula is C27H33F4N3O4S. The summed E-state index contributed by atoms with van der Waals surface area (Å²) in [4.78, 5) is 13.0. The maximum Gasteiger partial charge on any atom is 0.407 e. The molecule has 0 fully saturated rings. The van der Waals surface area contributed by atoms with Crippen LogP contribution in [-0.2, 0) is 14.6 Å². The van der Waals surface area contributed by atoms with Crippen molar-refractivity contribution in [3.63, 3.8) is 0 Å². The summed E-state index contributed by atoms with van der Waals surface area (Å²) in [5.41, 5.74) is -2.48. The maximum atomic E-state index is 14.5. The van der Waals surface area contributed by atoms with Gasteiger partial charge in [0.25, 0.3) is 0 Å². The Morgan fingerprint density at radius 2 is 1.44 bits per heavy atom. The third kappa shape index (κ3) is 10.2. The van der Waals surface area contributed by atoms with Gasteiger partial charge in [-0.1, -0.05) is 36.4 Å². The van der Waals surface area contributed by atoms with Gasteiger partial charge in [-0.15, -0.1) is 0 Å². The molecule has 3 atom stereocenters. The molecule has 0 heterocycles. The molecule has 3 N–H and O–H groups in total. The average molecular weight is 572 g/mol. The zero-order valence-electron chi connectivity index (χ0n) is 22.3. The quantitative estimate of drug-likeness (QED) is 0.339. The van der Waals surface area contributed by atoms with E-state index >= 15 is 0 Å². The van der Waals surface area contributed by atoms with Gasteiger partial charge in [-0.05, 0) is 56.5 Å². The molecule has 2 aromatic rings. The maximum absolute atomic E-state index is 14.5. The van der Waals surface area contributed by atoms with Crippen LogP contribution in [0.5, 0.6) is 0 Å². The number of amides is 1. The van der Waals surface area contributed by atoms with Crippen molar-refractivity contribution in [2.75, 3.05) is 6.26 Å². The molecular weight excluding hydrogens is 538 g/mol. The molecule has 12 heteroatoms. The van der Waals surface area contributed by atoms with E-state index in [0.29, 0.717) is 11.1 Å². The van der Waals surface area contributed by atoms with Crippen LogP contribution >= 0.6 is 0 Å². The normalized spacial score (nSPS) is 15.2. The van der Waals surface area contributed by atoms with Crippen molar-refractivity contribution in [2.24, 2.45) is 0 Å². The molecule has 0 aromatic heterocycles. The van der Waals surface area contributed by atoms with Gasteiger partial charge in [0.05, 0.1) is 22.6 Å². The first-order valence-corrected chi connectivity index (χ1v) is 13.9. The first kappa shape index (κ1) is 32.2. The van der Waals surface area contributed by atoms with Crippen molar-refractivity contribution in [2.45, 2.75) is 81.0 Å². The number of hydrogen-bond acceptors (Lipinski definition) is 6. The van der Waals surface area contributed by atoms with Crippen molar-refractivity contribution in [3.05, 3.63) is 54.1 Å². The predicted octanol–water partition coefficient (Wildman–Crippen LogP) is 4.63. The first-order valence-electron chi connectivity index (χ1n) is 12.0. The predicted molar refractivity (Wildman–Crippen MR) is 139 cm³/mol. The van der Waals surface area contributed by atoms with Crippen molar-refractivity contribution in [1.29, 1.82) is 5.26 Å². The second kappa shape index (κ2) is 12.0. The fraction of sp³-hybridized carbons (Fsp3) is 0.481. The average Bonchev–Trinajstić information content (AvgIpc) is 2.78. The number of hydrogen-bond donors (Lipinski definition) is 3. The van der Waals surface area contributed by atoms with Gasteiger partial charge < -0.3 is 10.4 Å². The van der Waals surface area contributed by atoms with Crippen LogP contribution in [0.1, 0.15) is 52.1 Å². The number of rotatable bonds is 11. The largest absolute Gasteiger partial charge is 0.407 e. The molecule has 0 aliphatic carbocycles. The molecule has 2 aromatic carbocycles. The van der Waals surface area contributed by atoms with E-state index in [9.17, 15) is 41.1 Å². The summed E-state index contributed by atoms with van der Waals surface area (Å²) >= 11 is 0. The van der Waals surface area contributed by atoms with Gasteiger partial charge in [-0.2, -0.15) is 18.4 Å². The highest BCUT2D eigenvalue weighted by atomic mass is 32.2. The number of nitrogens with zero attached hydrogens (tertiary/aromatic N) is 1. The van der Waals surface area contributed by atoms with Crippen molar-refractivity contribution < 1.29 is 35.9 Å². The zero-order valence-corrected chi connectivity index (χ0v) is 23.1. The minimum Gasteiger partial charge on any atom is -0.390 e. The van der Waals surface area contributed by atoms with Crippen LogP contribution < -0.4 is 10.6 Å². The van der Waals surface area contributed by atoms with Crippen LogP contribution in [0.3, 0.4) is 0 Å². The number of sulfone groups is 1. The Bertz CT molecular complexity index is 1280. The standard InChI is InChI=1S/C27H33F4N3O4S/c1-25(2,28)15-22(24(35)33-20(16-32)14-26(3,4)36)34-23(27(29,30)31)19-8-6-17(7-9-19)18-10-12-21(13-11-18)39(5,37)38/h6-13,20,22-23,34,36H,14-15H2,1-5H3,(H,33,35)/t20?,22-,23-/m0/s1. The number of alkyl halides is 4. The third-order valence-electron chi connectivity index (χ3n) is 5.74. The minimum atomic E-state index is -4.86. The smallest absolute Gasteiger partial charge is 0.390 e. The van der Waals surface area contributed by atoms with E-state index in [2.05, 4.69) is 10.6 Å². The van der Waals surface area contributed by atoms with E-state index in [-0.39, 0.29) is 16.9 Å². The number of nitrogens with one attached hydrogen (secondary N) is 2. The summed E-state index contributed by atoms with van der Waals surface area (Å²) in [5, 5.41) is 23.8. The number of aliphatic hydroxyl groups is 1. The van der Waals surface area contributed by atoms with Crippen molar-refractivity contribution in [3.8, 4) is 17.2 Å². The fourth-order valence-electron chi connectivity index (χ4n) is 3.96. The summed E-state index contributed by atoms with van der Waals surface area (Å²) in [6.45, 7) is 5.07. The highest BCUT2D eigenvalue weighted by molar-refractivity contribution is 7.90. The number of nitriles is 1. The number of benzene rings is 2. The molecule has 1 amide bonds. The Labute approximate surface area is 226 Å². The lowest BCUT2D eigenvalue weighted by molar-refractivity contribution is -0.161. The summed E-state index contributed by atoms with van der Waals surface area (Å²) in [7, 11) is -3.41. The van der Waals surface area contributed by atoms with E-state index in [0.717, 1.165) is 20.1 Å². The van der Waals surface area contributed by atoms with Crippen molar-refractivity contribution >= 4 is 15.7 Å². The van der Waals surface area contributed by atoms with Gasteiger partial charge in [0.15, 0.2) is 9.84 Å². The van der Waals surface area contributed by atoms with Crippen LogP contribution in [0.4, 0.5) is 17.6 Å². The van der Waals surface area contributed by atoms with Gasteiger partial charge >= 0.3 is 6.18 Å². The van der Waals surface area contributed by atoms with Crippen LogP contribution in [0, 0.1) is 11.3 Å². The first-order chi connectivity index (χ1) is 17.7. The fourth-order valence-corrected chi connectivity index (χ4v) is 4.59.